The van der Waals surface area contributed by atoms with Gasteiger partial charge in [0.15, 0.2) is 0 Å². The van der Waals surface area contributed by atoms with Crippen molar-refractivity contribution in [1.82, 2.24) is 14.8 Å². The molecule has 0 radical (unpaired) electrons. The minimum absolute atomic E-state index is 0.293. The summed E-state index contributed by atoms with van der Waals surface area (Å²) in [6, 6.07) is 6.32. The van der Waals surface area contributed by atoms with Gasteiger partial charge in [-0.3, -0.25) is 9.69 Å². The molecule has 8 nitrogen and oxygen atoms in total. The monoisotopic (exact) mass is 429 g/mol. The number of hydrogen-bond donors (Lipinski definition) is 1. The van der Waals surface area contributed by atoms with Crippen LogP contribution in [0.5, 0.6) is 0 Å². The molecule has 0 unspecified atom stereocenters. The number of esters is 1. The second kappa shape index (κ2) is 8.99. The molecule has 2 aromatic rings. The number of aromatic nitrogens is 1. The minimum Gasteiger partial charge on any atom is -0.467 e. The number of carbonyl (C=O) groups excluding carboxylic acids is 3. The van der Waals surface area contributed by atoms with Crippen molar-refractivity contribution >= 4 is 28.9 Å². The first-order valence-electron chi connectivity index (χ1n) is 10.5. The number of nitrogens with one attached hydrogen (secondary N) is 1. The van der Waals surface area contributed by atoms with Crippen LogP contribution in [0.15, 0.2) is 30.5 Å². The Labute approximate surface area is 182 Å². The number of aromatic amines is 1. The molecule has 2 atom stereocenters. The summed E-state index contributed by atoms with van der Waals surface area (Å²) in [6.07, 6.45) is 2.88. The molecule has 0 aliphatic carbocycles. The topological polar surface area (TPSA) is 91.9 Å². The van der Waals surface area contributed by atoms with Crippen molar-refractivity contribution < 1.29 is 23.9 Å². The normalized spacial score (nSPS) is 17.5. The van der Waals surface area contributed by atoms with Crippen LogP contribution in [0.3, 0.4) is 0 Å². The molecule has 3 rings (SSSR count). The number of benzene rings is 1. The van der Waals surface area contributed by atoms with Crippen LogP contribution < -0.4 is 0 Å². The number of fused-ring (bicyclic) bond motifs is 1. The second-order valence-electron chi connectivity index (χ2n) is 8.88. The van der Waals surface area contributed by atoms with E-state index >= 15 is 0 Å². The summed E-state index contributed by atoms with van der Waals surface area (Å²) in [5, 5.41) is 0.994. The second-order valence-corrected chi connectivity index (χ2v) is 8.88. The fourth-order valence-electron chi connectivity index (χ4n) is 3.97. The highest BCUT2D eigenvalue weighted by Crippen LogP contribution is 2.25. The van der Waals surface area contributed by atoms with Crippen molar-refractivity contribution in [3.8, 4) is 0 Å². The molecule has 168 valence electrons. The predicted octanol–water partition coefficient (Wildman–Crippen LogP) is 3.11. The number of carbonyl (C=O) groups is 3. The van der Waals surface area contributed by atoms with Crippen LogP contribution in [0.1, 0.15) is 39.2 Å². The van der Waals surface area contributed by atoms with Crippen LogP contribution in [-0.2, 0) is 25.5 Å². The number of ether oxygens (including phenoxy) is 2. The van der Waals surface area contributed by atoms with Crippen molar-refractivity contribution in [3.05, 3.63) is 36.0 Å². The van der Waals surface area contributed by atoms with Crippen molar-refractivity contribution in [2.75, 3.05) is 20.7 Å². The summed E-state index contributed by atoms with van der Waals surface area (Å²) in [5.74, 6) is -0.790. The number of likely N-dealkylation sites (N-methyl/N-ethyl adjacent to an activating group) is 1. The average molecular weight is 430 g/mol. The van der Waals surface area contributed by atoms with Gasteiger partial charge in [-0.25, -0.2) is 9.59 Å². The lowest BCUT2D eigenvalue weighted by Crippen LogP contribution is -2.53. The van der Waals surface area contributed by atoms with Crippen LogP contribution >= 0.6 is 0 Å². The Bertz CT molecular complexity index is 962. The third kappa shape index (κ3) is 5.00. The maximum Gasteiger partial charge on any atom is 0.410 e. The predicted molar refractivity (Wildman–Crippen MR) is 117 cm³/mol. The zero-order valence-corrected chi connectivity index (χ0v) is 18.8. The average Bonchev–Trinajstić information content (AvgIpc) is 3.36. The van der Waals surface area contributed by atoms with E-state index in [9.17, 15) is 14.4 Å². The van der Waals surface area contributed by atoms with Crippen LogP contribution in [-0.4, -0.2) is 71.1 Å². The summed E-state index contributed by atoms with van der Waals surface area (Å²) in [7, 11) is 2.90. The highest BCUT2D eigenvalue weighted by atomic mass is 16.6. The molecule has 1 aromatic carbocycles. The van der Waals surface area contributed by atoms with Crippen molar-refractivity contribution in [2.45, 2.75) is 57.7 Å². The maximum atomic E-state index is 13.3. The molecule has 8 heteroatoms. The van der Waals surface area contributed by atoms with E-state index < -0.39 is 29.7 Å². The number of amides is 2. The molecule has 2 amide bonds. The van der Waals surface area contributed by atoms with Gasteiger partial charge in [-0.2, -0.15) is 0 Å². The Morgan fingerprint density at radius 2 is 1.97 bits per heavy atom. The van der Waals surface area contributed by atoms with E-state index in [1.807, 2.05) is 30.5 Å². The molecular formula is C23H31N3O5. The Morgan fingerprint density at radius 3 is 2.65 bits per heavy atom. The van der Waals surface area contributed by atoms with Crippen LogP contribution in [0.4, 0.5) is 4.79 Å². The molecule has 0 bridgehead atoms. The Hall–Kier alpha value is -3.03. The summed E-state index contributed by atoms with van der Waals surface area (Å²) in [5.41, 5.74) is 1.23. The largest absolute Gasteiger partial charge is 0.467 e. The fourth-order valence-corrected chi connectivity index (χ4v) is 3.97. The van der Waals surface area contributed by atoms with E-state index in [2.05, 4.69) is 4.98 Å². The Morgan fingerprint density at radius 1 is 1.26 bits per heavy atom. The van der Waals surface area contributed by atoms with Gasteiger partial charge in [-0.15, -0.1) is 0 Å². The minimum atomic E-state index is -0.808. The Balaban J connectivity index is 1.80. The van der Waals surface area contributed by atoms with Gasteiger partial charge in [0, 0.05) is 37.1 Å². The lowest BCUT2D eigenvalue weighted by Gasteiger charge is -2.32. The number of H-pyrrole nitrogens is 1. The smallest absolute Gasteiger partial charge is 0.410 e. The summed E-state index contributed by atoms with van der Waals surface area (Å²) >= 11 is 0. The summed E-state index contributed by atoms with van der Waals surface area (Å²) < 4.78 is 10.5. The number of nitrogens with zero attached hydrogens (tertiary/aromatic N) is 2. The molecule has 1 aliphatic rings. The highest BCUT2D eigenvalue weighted by molar-refractivity contribution is 5.91. The van der Waals surface area contributed by atoms with Crippen LogP contribution in [0.2, 0.25) is 0 Å². The number of likely N-dealkylation sites (tertiary alicyclic amines) is 1. The molecule has 1 saturated heterocycles. The van der Waals surface area contributed by atoms with Gasteiger partial charge in [0.1, 0.15) is 17.7 Å². The van der Waals surface area contributed by atoms with Crippen LogP contribution in [0, 0.1) is 0 Å². The number of rotatable bonds is 5. The van der Waals surface area contributed by atoms with Crippen molar-refractivity contribution in [1.29, 1.82) is 0 Å². The zero-order valence-electron chi connectivity index (χ0n) is 18.8. The van der Waals surface area contributed by atoms with Gasteiger partial charge in [-0.05, 0) is 45.2 Å². The van der Waals surface area contributed by atoms with E-state index in [0.29, 0.717) is 25.8 Å². The summed E-state index contributed by atoms with van der Waals surface area (Å²) in [6.45, 7) is 5.82. The Kier molecular flexibility index (Phi) is 6.57. The third-order valence-electron chi connectivity index (χ3n) is 5.54. The van der Waals surface area contributed by atoms with E-state index in [1.54, 1.807) is 27.8 Å². The molecule has 0 spiro atoms. The summed E-state index contributed by atoms with van der Waals surface area (Å²) in [4.78, 5) is 44.6. The molecule has 1 aliphatic heterocycles. The lowest BCUT2D eigenvalue weighted by molar-refractivity contribution is -0.153. The molecule has 1 aromatic heterocycles. The number of hydrogen-bond acceptors (Lipinski definition) is 5. The first kappa shape index (κ1) is 22.7. The number of para-hydroxylation sites is 1. The standard InChI is InChI=1S/C23H31N3O5/c1-23(2,3)31-22(29)26-12-8-11-18(26)20(27)25(4)19(21(28)30-5)13-15-14-24-17-10-7-6-9-16(15)17/h6-7,9-10,14,18-19,24H,8,11-13H2,1-5H3/t18-,19+/m0/s1. The number of methoxy groups -OCH3 is 1. The van der Waals surface area contributed by atoms with E-state index in [4.69, 9.17) is 9.47 Å². The maximum absolute atomic E-state index is 13.3. The van der Waals surface area contributed by atoms with Crippen molar-refractivity contribution in [3.63, 3.8) is 0 Å². The van der Waals surface area contributed by atoms with Gasteiger partial charge in [0.25, 0.3) is 0 Å². The van der Waals surface area contributed by atoms with Gasteiger partial charge < -0.3 is 19.4 Å². The van der Waals surface area contributed by atoms with Gasteiger partial charge in [0.2, 0.25) is 5.91 Å². The molecule has 2 heterocycles. The third-order valence-corrected chi connectivity index (χ3v) is 5.54. The quantitative estimate of drug-likeness (QED) is 0.738. The molecule has 1 N–H and O–H groups in total. The van der Waals surface area contributed by atoms with E-state index in [1.165, 1.54) is 16.9 Å². The first-order valence-corrected chi connectivity index (χ1v) is 10.5. The zero-order chi connectivity index (χ0) is 22.8. The first-order chi connectivity index (χ1) is 14.6. The van der Waals surface area contributed by atoms with Gasteiger partial charge in [-0.1, -0.05) is 18.2 Å². The molecular weight excluding hydrogens is 398 g/mol. The van der Waals surface area contributed by atoms with Gasteiger partial charge in [0.05, 0.1) is 7.11 Å². The van der Waals surface area contributed by atoms with Crippen LogP contribution in [0.25, 0.3) is 10.9 Å². The highest BCUT2D eigenvalue weighted by Gasteiger charge is 2.40. The van der Waals surface area contributed by atoms with Gasteiger partial charge >= 0.3 is 12.1 Å². The molecule has 0 saturated carbocycles. The fraction of sp³-hybridized carbons (Fsp3) is 0.522. The van der Waals surface area contributed by atoms with E-state index in [-0.39, 0.29) is 5.91 Å². The SMILES string of the molecule is COC(=O)[C@@H](Cc1c[nH]c2ccccc12)N(C)C(=O)[C@@H]1CCCN1C(=O)OC(C)(C)C. The van der Waals surface area contributed by atoms with Crippen molar-refractivity contribution in [2.24, 2.45) is 0 Å². The molecule has 31 heavy (non-hydrogen) atoms. The van der Waals surface area contributed by atoms with E-state index in [0.717, 1.165) is 16.5 Å². The molecule has 1 fully saturated rings. The lowest BCUT2D eigenvalue weighted by atomic mass is 10.0.